The second-order valence-corrected chi connectivity index (χ2v) is 5.48. The van der Waals surface area contributed by atoms with Crippen LogP contribution in [0.3, 0.4) is 0 Å². The van der Waals surface area contributed by atoms with Crippen molar-refractivity contribution >= 4 is 5.91 Å². The van der Waals surface area contributed by atoms with Gasteiger partial charge in [0.1, 0.15) is 11.8 Å². The van der Waals surface area contributed by atoms with E-state index in [2.05, 4.69) is 10.6 Å². The predicted octanol–water partition coefficient (Wildman–Crippen LogP) is 2.12. The molecule has 2 aliphatic rings. The lowest BCUT2D eigenvalue weighted by Crippen LogP contribution is -2.51. The summed E-state index contributed by atoms with van der Waals surface area (Å²) in [6, 6.07) is 7.48. The Labute approximate surface area is 113 Å². The third-order valence-electron chi connectivity index (χ3n) is 4.20. The largest absolute Gasteiger partial charge is 0.497 e. The van der Waals surface area contributed by atoms with E-state index < -0.39 is 0 Å². The molecule has 2 N–H and O–H groups in total. The van der Waals surface area contributed by atoms with Crippen molar-refractivity contribution in [3.63, 3.8) is 0 Å². The molecule has 0 aromatic heterocycles. The summed E-state index contributed by atoms with van der Waals surface area (Å²) < 4.78 is 5.15. The van der Waals surface area contributed by atoms with Crippen LogP contribution in [0.1, 0.15) is 43.7 Å². The smallest absolute Gasteiger partial charge is 0.243 e. The van der Waals surface area contributed by atoms with Gasteiger partial charge in [0.2, 0.25) is 5.91 Å². The van der Waals surface area contributed by atoms with Crippen LogP contribution in [0.4, 0.5) is 0 Å². The van der Waals surface area contributed by atoms with Crippen LogP contribution in [0, 0.1) is 0 Å². The van der Waals surface area contributed by atoms with Crippen LogP contribution in [-0.4, -0.2) is 18.7 Å². The monoisotopic (exact) mass is 260 g/mol. The van der Waals surface area contributed by atoms with Gasteiger partial charge in [-0.3, -0.25) is 10.1 Å². The molecule has 0 bridgehead atoms. The number of methoxy groups -OCH3 is 1. The molecule has 1 heterocycles. The minimum Gasteiger partial charge on any atom is -0.497 e. The molecule has 1 aliphatic carbocycles. The Morgan fingerprint density at radius 2 is 1.84 bits per heavy atom. The zero-order valence-corrected chi connectivity index (χ0v) is 11.2. The highest BCUT2D eigenvalue weighted by Gasteiger charge is 2.44. The lowest BCUT2D eigenvalue weighted by Gasteiger charge is -2.33. The van der Waals surface area contributed by atoms with Crippen LogP contribution in [-0.2, 0) is 4.79 Å². The second kappa shape index (κ2) is 4.85. The third-order valence-corrected chi connectivity index (χ3v) is 4.20. The van der Waals surface area contributed by atoms with E-state index in [1.807, 2.05) is 24.3 Å². The molecule has 0 radical (unpaired) electrons. The van der Waals surface area contributed by atoms with E-state index in [1.54, 1.807) is 7.11 Å². The van der Waals surface area contributed by atoms with E-state index in [1.165, 1.54) is 19.3 Å². The van der Waals surface area contributed by atoms with Crippen LogP contribution in [0.2, 0.25) is 0 Å². The molecule has 1 atom stereocenters. The standard InChI is InChI=1S/C15H20N2O2/c1-19-12-7-5-11(6-8-12)13-14(18)17-15(16-13)9-3-2-4-10-15/h5-8,13,16H,2-4,9-10H2,1H3,(H,17,18). The topological polar surface area (TPSA) is 50.4 Å². The van der Waals surface area contributed by atoms with Gasteiger partial charge in [0.25, 0.3) is 0 Å². The first-order chi connectivity index (χ1) is 9.22. The van der Waals surface area contributed by atoms with E-state index in [-0.39, 0.29) is 17.6 Å². The summed E-state index contributed by atoms with van der Waals surface area (Å²) in [5.41, 5.74) is 0.834. The number of nitrogens with one attached hydrogen (secondary N) is 2. The van der Waals surface area contributed by atoms with Gasteiger partial charge in [0.05, 0.1) is 12.8 Å². The van der Waals surface area contributed by atoms with Gasteiger partial charge in [-0.05, 0) is 43.4 Å². The Hall–Kier alpha value is -1.55. The molecule has 4 nitrogen and oxygen atoms in total. The normalized spacial score (nSPS) is 25.3. The van der Waals surface area contributed by atoms with Gasteiger partial charge < -0.3 is 10.1 Å². The number of amides is 1. The molecule has 1 saturated carbocycles. The molecule has 1 aromatic rings. The minimum absolute atomic E-state index is 0.0899. The number of carbonyl (C=O) groups is 1. The van der Waals surface area contributed by atoms with Crippen molar-refractivity contribution in [2.24, 2.45) is 0 Å². The summed E-state index contributed by atoms with van der Waals surface area (Å²) in [7, 11) is 1.65. The number of rotatable bonds is 2. The maximum Gasteiger partial charge on any atom is 0.243 e. The van der Waals surface area contributed by atoms with Crippen molar-refractivity contribution in [1.82, 2.24) is 10.6 Å². The predicted molar refractivity (Wildman–Crippen MR) is 72.8 cm³/mol. The molecule has 102 valence electrons. The summed E-state index contributed by atoms with van der Waals surface area (Å²) in [6.07, 6.45) is 5.70. The highest BCUT2D eigenvalue weighted by atomic mass is 16.5. The number of carbonyl (C=O) groups excluding carboxylic acids is 1. The third kappa shape index (κ3) is 2.32. The van der Waals surface area contributed by atoms with E-state index >= 15 is 0 Å². The highest BCUT2D eigenvalue weighted by Crippen LogP contribution is 2.33. The van der Waals surface area contributed by atoms with E-state index in [9.17, 15) is 4.79 Å². The summed E-state index contributed by atoms with van der Waals surface area (Å²) in [6.45, 7) is 0. The summed E-state index contributed by atoms with van der Waals surface area (Å²) in [5, 5.41) is 6.67. The molecule has 3 rings (SSSR count). The Morgan fingerprint density at radius 3 is 2.47 bits per heavy atom. The molecule has 4 heteroatoms. The van der Waals surface area contributed by atoms with Crippen LogP contribution in [0.25, 0.3) is 0 Å². The number of hydrogen-bond acceptors (Lipinski definition) is 3. The molecule has 1 unspecified atom stereocenters. The highest BCUT2D eigenvalue weighted by molar-refractivity contribution is 5.86. The lowest BCUT2D eigenvalue weighted by atomic mass is 9.89. The molecule has 1 aliphatic heterocycles. The van der Waals surface area contributed by atoms with Crippen molar-refractivity contribution in [1.29, 1.82) is 0 Å². The molecule has 1 spiro atoms. The van der Waals surface area contributed by atoms with Crippen molar-refractivity contribution in [3.05, 3.63) is 29.8 Å². The zero-order valence-electron chi connectivity index (χ0n) is 11.2. The first-order valence-electron chi connectivity index (χ1n) is 6.96. The van der Waals surface area contributed by atoms with Gasteiger partial charge in [-0.25, -0.2) is 0 Å². The first-order valence-corrected chi connectivity index (χ1v) is 6.96. The Bertz CT molecular complexity index is 464. The quantitative estimate of drug-likeness (QED) is 0.856. The first kappa shape index (κ1) is 12.5. The molecule has 1 amide bonds. The maximum absolute atomic E-state index is 12.2. The lowest BCUT2D eigenvalue weighted by molar-refractivity contribution is -0.121. The summed E-state index contributed by atoms with van der Waals surface area (Å²) in [4.78, 5) is 12.2. The minimum atomic E-state index is -0.232. The van der Waals surface area contributed by atoms with Gasteiger partial charge in [-0.15, -0.1) is 0 Å². The number of benzene rings is 1. The molecule has 1 saturated heterocycles. The zero-order chi connectivity index (χ0) is 13.3. The molecule has 19 heavy (non-hydrogen) atoms. The average Bonchev–Trinajstić information content (AvgIpc) is 2.76. The Balaban J connectivity index is 1.79. The van der Waals surface area contributed by atoms with Crippen LogP contribution >= 0.6 is 0 Å². The van der Waals surface area contributed by atoms with Crippen molar-refractivity contribution in [2.45, 2.75) is 43.8 Å². The fraction of sp³-hybridized carbons (Fsp3) is 0.533. The number of ether oxygens (including phenoxy) is 1. The fourth-order valence-corrected chi connectivity index (χ4v) is 3.14. The fourth-order valence-electron chi connectivity index (χ4n) is 3.14. The van der Waals surface area contributed by atoms with Gasteiger partial charge in [-0.2, -0.15) is 0 Å². The van der Waals surface area contributed by atoms with Crippen molar-refractivity contribution in [3.8, 4) is 5.75 Å². The molecule has 2 fully saturated rings. The second-order valence-electron chi connectivity index (χ2n) is 5.48. The van der Waals surface area contributed by atoms with Gasteiger partial charge in [0, 0.05) is 0 Å². The van der Waals surface area contributed by atoms with Crippen molar-refractivity contribution < 1.29 is 9.53 Å². The molecular formula is C15H20N2O2. The van der Waals surface area contributed by atoms with Crippen LogP contribution < -0.4 is 15.4 Å². The van der Waals surface area contributed by atoms with Crippen molar-refractivity contribution in [2.75, 3.05) is 7.11 Å². The van der Waals surface area contributed by atoms with E-state index in [4.69, 9.17) is 4.74 Å². The summed E-state index contributed by atoms with van der Waals surface area (Å²) >= 11 is 0. The molecular weight excluding hydrogens is 240 g/mol. The average molecular weight is 260 g/mol. The Kier molecular flexibility index (Phi) is 3.19. The van der Waals surface area contributed by atoms with E-state index in [0.717, 1.165) is 24.2 Å². The van der Waals surface area contributed by atoms with Gasteiger partial charge in [-0.1, -0.05) is 18.6 Å². The van der Waals surface area contributed by atoms with Crippen LogP contribution in [0.5, 0.6) is 5.75 Å². The molecule has 1 aromatic carbocycles. The van der Waals surface area contributed by atoms with Crippen LogP contribution in [0.15, 0.2) is 24.3 Å². The van der Waals surface area contributed by atoms with E-state index in [0.29, 0.717) is 0 Å². The maximum atomic E-state index is 12.2. The number of hydrogen-bond donors (Lipinski definition) is 2. The Morgan fingerprint density at radius 1 is 1.16 bits per heavy atom. The SMILES string of the molecule is COc1ccc(C2NC3(CCCCC3)NC2=O)cc1. The summed E-state index contributed by atoms with van der Waals surface area (Å²) in [5.74, 6) is 0.904. The van der Waals surface area contributed by atoms with Gasteiger partial charge >= 0.3 is 0 Å². The van der Waals surface area contributed by atoms with Gasteiger partial charge in [0.15, 0.2) is 0 Å².